The highest BCUT2D eigenvalue weighted by molar-refractivity contribution is 7.89. The first kappa shape index (κ1) is 39.6. The molecule has 4 heterocycles. The van der Waals surface area contributed by atoms with Crippen LogP contribution in [0, 0.1) is 47.0 Å². The number of aromatic nitrogens is 5. The van der Waals surface area contributed by atoms with Crippen LogP contribution >= 0.6 is 0 Å². The summed E-state index contributed by atoms with van der Waals surface area (Å²) in [6, 6.07) is 4.63. The summed E-state index contributed by atoms with van der Waals surface area (Å²) in [7, 11) is -4.34. The minimum atomic E-state index is -4.34. The summed E-state index contributed by atoms with van der Waals surface area (Å²) >= 11 is 0. The Kier molecular flexibility index (Phi) is 12.2. The largest absolute Gasteiger partial charge is 0.440 e. The average Bonchev–Trinajstić information content (AvgIpc) is 3.70. The molecule has 18 nitrogen and oxygen atoms in total. The van der Waals surface area contributed by atoms with Gasteiger partial charge < -0.3 is 18.5 Å². The number of terminal acetylenes is 1. The Morgan fingerprint density at radius 2 is 1.52 bits per heavy atom. The Morgan fingerprint density at radius 3 is 2.06 bits per heavy atom. The van der Waals surface area contributed by atoms with Gasteiger partial charge in [0.15, 0.2) is 23.7 Å². The number of amides is 2. The lowest BCUT2D eigenvalue weighted by molar-refractivity contribution is -0.0655. The Morgan fingerprint density at radius 1 is 0.926 bits per heavy atom. The van der Waals surface area contributed by atoms with E-state index in [0.29, 0.717) is 17.8 Å². The summed E-state index contributed by atoms with van der Waals surface area (Å²) in [4.78, 5) is 55.1. The molecule has 19 heteroatoms. The third-order valence-electron chi connectivity index (χ3n) is 9.13. The smallest absolute Gasteiger partial charge is 0.412 e. The van der Waals surface area contributed by atoms with E-state index in [-0.39, 0.29) is 34.3 Å². The van der Waals surface area contributed by atoms with Crippen LogP contribution in [0.5, 0.6) is 0 Å². The van der Waals surface area contributed by atoms with Gasteiger partial charge in [0.1, 0.15) is 28.8 Å². The number of hydrogen-bond donors (Lipinski definition) is 2. The first-order valence-corrected chi connectivity index (χ1v) is 18.8. The average molecular weight is 769 g/mol. The predicted molar refractivity (Wildman–Crippen MR) is 195 cm³/mol. The fraction of sp³-hybridized carbons (Fsp3) is 0.486. The molecule has 3 aromatic heterocycles. The van der Waals surface area contributed by atoms with Crippen LogP contribution in [0.2, 0.25) is 0 Å². The number of ether oxygens (including phenoxy) is 2. The highest BCUT2D eigenvalue weighted by atomic mass is 32.2. The number of anilines is 2. The first-order chi connectivity index (χ1) is 25.7. The zero-order valence-corrected chi connectivity index (χ0v) is 31.8. The number of sulfonamides is 1. The summed E-state index contributed by atoms with van der Waals surface area (Å²) in [5.41, 5.74) is 0.466. The van der Waals surface area contributed by atoms with Crippen molar-refractivity contribution in [3.8, 4) is 12.3 Å². The number of nitrogens with one attached hydrogen (secondary N) is 2. The maximum absolute atomic E-state index is 14.2. The van der Waals surface area contributed by atoms with Gasteiger partial charge in [-0.15, -0.1) is 6.42 Å². The molecule has 2 amide bonds. The summed E-state index contributed by atoms with van der Waals surface area (Å²) < 4.78 is 54.4. The Hall–Kier alpha value is -5.61. The molecule has 5 rings (SSSR count). The van der Waals surface area contributed by atoms with E-state index in [1.807, 2.05) is 6.92 Å². The molecule has 290 valence electrons. The lowest BCUT2D eigenvalue weighted by Crippen LogP contribution is -2.57. The Labute approximate surface area is 311 Å². The molecule has 2 N–H and O–H groups in total. The van der Waals surface area contributed by atoms with E-state index in [0.717, 1.165) is 43.1 Å². The van der Waals surface area contributed by atoms with Gasteiger partial charge in [-0.1, -0.05) is 60.1 Å². The van der Waals surface area contributed by atoms with E-state index in [1.54, 1.807) is 46.8 Å². The maximum atomic E-state index is 14.2. The predicted octanol–water partition coefficient (Wildman–Crippen LogP) is 4.02. The quantitative estimate of drug-likeness (QED) is 0.137. The molecular formula is C35H44N8O10S. The molecule has 54 heavy (non-hydrogen) atoms. The van der Waals surface area contributed by atoms with Crippen molar-refractivity contribution in [2.45, 2.75) is 103 Å². The normalized spacial score (nSPS) is 16.8. The van der Waals surface area contributed by atoms with Gasteiger partial charge in [-0.3, -0.25) is 10.6 Å². The molecule has 1 aromatic carbocycles. The third kappa shape index (κ3) is 8.29. The Balaban J connectivity index is 1.63. The van der Waals surface area contributed by atoms with Crippen LogP contribution in [0.25, 0.3) is 0 Å². The number of unbranched alkanes of at least 4 members (excludes halogenated alkanes) is 3. The lowest BCUT2D eigenvalue weighted by atomic mass is 10.0. The van der Waals surface area contributed by atoms with Gasteiger partial charge in [-0.05, 0) is 53.2 Å². The second-order valence-electron chi connectivity index (χ2n) is 13.0. The summed E-state index contributed by atoms with van der Waals surface area (Å²) in [5.74, 6) is 2.91. The maximum Gasteiger partial charge on any atom is 0.412 e. The van der Waals surface area contributed by atoms with Crippen LogP contribution in [-0.4, -0.2) is 74.5 Å². The van der Waals surface area contributed by atoms with Gasteiger partial charge in [0.05, 0.1) is 18.0 Å². The highest BCUT2D eigenvalue weighted by Gasteiger charge is 2.47. The van der Waals surface area contributed by atoms with Crippen LogP contribution in [0.4, 0.5) is 21.0 Å². The van der Waals surface area contributed by atoms with Crippen molar-refractivity contribution in [3.63, 3.8) is 0 Å². The van der Waals surface area contributed by atoms with Gasteiger partial charge in [0, 0.05) is 13.1 Å². The topological polar surface area (TPSA) is 215 Å². The number of carbonyl (C=O) groups excluding carboxylic acids is 2. The number of aryl methyl sites for hydroxylation is 5. The minimum absolute atomic E-state index is 0.0726. The van der Waals surface area contributed by atoms with Crippen molar-refractivity contribution >= 4 is 33.6 Å². The molecule has 0 saturated carbocycles. The van der Waals surface area contributed by atoms with Crippen molar-refractivity contribution in [3.05, 3.63) is 73.7 Å². The van der Waals surface area contributed by atoms with E-state index >= 15 is 0 Å². The van der Waals surface area contributed by atoms with Crippen molar-refractivity contribution < 1.29 is 36.5 Å². The number of hydrogen-bond acceptors (Lipinski definition) is 12. The highest BCUT2D eigenvalue weighted by Crippen LogP contribution is 2.30. The van der Waals surface area contributed by atoms with Crippen molar-refractivity contribution in [1.82, 2.24) is 28.5 Å². The summed E-state index contributed by atoms with van der Waals surface area (Å²) in [6.07, 6.45) is 3.66. The molecule has 1 aliphatic heterocycles. The van der Waals surface area contributed by atoms with Gasteiger partial charge in [-0.25, -0.2) is 41.5 Å². The molecule has 3 atom stereocenters. The van der Waals surface area contributed by atoms with Crippen LogP contribution in [0.3, 0.4) is 0 Å². The van der Waals surface area contributed by atoms with Crippen molar-refractivity contribution in [2.75, 3.05) is 23.7 Å². The molecule has 0 spiro atoms. The minimum Gasteiger partial charge on any atom is -0.440 e. The van der Waals surface area contributed by atoms with Crippen molar-refractivity contribution in [2.24, 2.45) is 0 Å². The van der Waals surface area contributed by atoms with Gasteiger partial charge >= 0.3 is 23.6 Å². The van der Waals surface area contributed by atoms with Crippen LogP contribution < -0.4 is 22.0 Å². The fourth-order valence-electron chi connectivity index (χ4n) is 6.28. The summed E-state index contributed by atoms with van der Waals surface area (Å²) in [6.45, 7) is 8.76. The Bertz CT molecular complexity index is 2220. The molecule has 1 aliphatic rings. The summed E-state index contributed by atoms with van der Waals surface area (Å²) in [5, 5.41) is 12.8. The van der Waals surface area contributed by atoms with Gasteiger partial charge in [0.2, 0.25) is 10.0 Å². The molecule has 0 bridgehead atoms. The van der Waals surface area contributed by atoms with Gasteiger partial charge in [0.25, 0.3) is 0 Å². The van der Waals surface area contributed by atoms with Crippen molar-refractivity contribution in [1.29, 1.82) is 0 Å². The number of nitrogens with zero attached hydrogens (tertiary/aromatic N) is 6. The number of rotatable bonds is 14. The standard InChI is InChI=1S/C35H44N8O10S/c1-8-10-11-12-18-41-34(46)42-20-28(50-32(44)36-29-22(4)38-52-24(29)6)31(51-33(45)37-30-23(5)39-53-25(30)7)27(43(42)35(41)47)19-40(17-9-2)54(48,49)26-15-13-21(3)14-16-26/h2,13-16,27-28,31H,8,10-12,17-20H2,1,3-7H3,(H,36,44)(H,37,45)/t27-,28+,31-/m1/s1. The van der Waals surface area contributed by atoms with Crippen LogP contribution in [0.15, 0.2) is 47.8 Å². The zero-order valence-electron chi connectivity index (χ0n) is 30.9. The SMILES string of the molecule is C#CCN(C[C@@H]1[C@@H](OC(=O)Nc2c(C)noc2C)[C@@H](OC(=O)Nc2c(C)noc2C)Cn2c(=O)n(CCCCCC)c(=O)n21)S(=O)(=O)c1ccc(C)cc1. The molecule has 0 saturated heterocycles. The number of carbonyl (C=O) groups is 2. The molecule has 0 aliphatic carbocycles. The van der Waals surface area contributed by atoms with E-state index in [2.05, 4.69) is 26.9 Å². The van der Waals surface area contributed by atoms with E-state index in [9.17, 15) is 27.6 Å². The van der Waals surface area contributed by atoms with Crippen LogP contribution in [0.1, 0.15) is 67.1 Å². The molecule has 0 fully saturated rings. The first-order valence-electron chi connectivity index (χ1n) is 17.4. The zero-order chi connectivity index (χ0) is 39.3. The third-order valence-corrected chi connectivity index (χ3v) is 11.0. The number of benzene rings is 1. The molecular weight excluding hydrogens is 724 g/mol. The fourth-order valence-corrected chi connectivity index (χ4v) is 7.65. The monoisotopic (exact) mass is 768 g/mol. The van der Waals surface area contributed by atoms with Crippen LogP contribution in [-0.2, 0) is 32.6 Å². The van der Waals surface area contributed by atoms with E-state index < -0.39 is 71.5 Å². The van der Waals surface area contributed by atoms with Gasteiger partial charge in [-0.2, -0.15) is 4.31 Å². The van der Waals surface area contributed by atoms with E-state index in [1.165, 1.54) is 12.1 Å². The molecule has 4 aromatic rings. The molecule has 0 unspecified atom stereocenters. The molecule has 0 radical (unpaired) electrons. The lowest BCUT2D eigenvalue weighted by Gasteiger charge is -2.39. The van der Waals surface area contributed by atoms with E-state index in [4.69, 9.17) is 24.9 Å². The second-order valence-corrected chi connectivity index (χ2v) is 15.0. The number of fused-ring (bicyclic) bond motifs is 1. The second kappa shape index (κ2) is 16.6.